The van der Waals surface area contributed by atoms with E-state index in [1.807, 2.05) is 0 Å². The molecule has 0 radical (unpaired) electrons. The predicted molar refractivity (Wildman–Crippen MR) is 72.2 cm³/mol. The first-order chi connectivity index (χ1) is 9.46. The smallest absolute Gasteiger partial charge is 0.314 e. The molecule has 0 heterocycles. The Bertz CT molecular complexity index is 521. The minimum absolute atomic E-state index is 0.357. The number of hydrogen-bond donors (Lipinski definition) is 1. The van der Waals surface area contributed by atoms with Crippen molar-refractivity contribution in [1.82, 2.24) is 0 Å². The third-order valence-corrected chi connectivity index (χ3v) is 4.11. The number of benzene rings is 1. The van der Waals surface area contributed by atoms with E-state index in [4.69, 9.17) is 9.47 Å². The molecule has 1 saturated carbocycles. The van der Waals surface area contributed by atoms with Crippen LogP contribution in [0.3, 0.4) is 0 Å². The fourth-order valence-corrected chi connectivity index (χ4v) is 2.74. The lowest BCUT2D eigenvalue weighted by Gasteiger charge is -2.39. The Morgan fingerprint density at radius 3 is 2.25 bits per heavy atom. The largest absolute Gasteiger partial charge is 0.496 e. The van der Waals surface area contributed by atoms with Crippen LogP contribution in [-0.4, -0.2) is 25.3 Å². The number of carbonyl (C=O) groups is 1. The Balaban J connectivity index is 2.62. The molecule has 0 saturated heterocycles. The Labute approximate surface area is 117 Å². The van der Waals surface area contributed by atoms with Gasteiger partial charge in [0.25, 0.3) is 0 Å². The Kier molecular flexibility index (Phi) is 3.88. The van der Waals surface area contributed by atoms with Crippen molar-refractivity contribution in [3.05, 3.63) is 23.3 Å². The monoisotopic (exact) mass is 282 g/mol. The summed E-state index contributed by atoms with van der Waals surface area (Å²) in [6.07, 6.45) is 0.707. The average Bonchev–Trinajstić information content (AvgIpc) is 2.36. The zero-order valence-electron chi connectivity index (χ0n) is 11.9. The lowest BCUT2D eigenvalue weighted by molar-refractivity contribution is -0.147. The second kappa shape index (κ2) is 5.31. The van der Waals surface area contributed by atoms with E-state index >= 15 is 0 Å². The van der Waals surface area contributed by atoms with Crippen molar-refractivity contribution in [2.45, 2.75) is 37.8 Å². The molecule has 0 aromatic heterocycles. The lowest BCUT2D eigenvalue weighted by atomic mass is 9.64. The number of halogens is 1. The molecule has 0 amide bonds. The second-order valence-corrected chi connectivity index (χ2v) is 5.15. The summed E-state index contributed by atoms with van der Waals surface area (Å²) in [5.74, 6) is -0.0708. The quantitative estimate of drug-likeness (QED) is 0.900. The topological polar surface area (TPSA) is 55.8 Å². The highest BCUT2D eigenvalue weighted by Gasteiger charge is 2.48. The number of hydrogen-bond acceptors (Lipinski definition) is 3. The maximum absolute atomic E-state index is 13.7. The van der Waals surface area contributed by atoms with Crippen LogP contribution in [0.5, 0.6) is 11.5 Å². The molecule has 20 heavy (non-hydrogen) atoms. The minimum Gasteiger partial charge on any atom is -0.496 e. The fraction of sp³-hybridized carbons (Fsp3) is 0.533. The molecule has 1 aromatic carbocycles. The molecule has 0 spiro atoms. The summed E-state index contributed by atoms with van der Waals surface area (Å²) < 4.78 is 24.2. The van der Waals surface area contributed by atoms with Crippen LogP contribution in [0.15, 0.2) is 12.1 Å². The molecule has 0 aliphatic heterocycles. The molecule has 4 nitrogen and oxygen atoms in total. The third-order valence-electron chi connectivity index (χ3n) is 4.11. The van der Waals surface area contributed by atoms with Gasteiger partial charge in [-0.25, -0.2) is 4.39 Å². The highest BCUT2D eigenvalue weighted by molar-refractivity contribution is 5.84. The minimum atomic E-state index is -1.24. The molecule has 1 aliphatic carbocycles. The average molecular weight is 282 g/mol. The van der Waals surface area contributed by atoms with Crippen molar-refractivity contribution >= 4 is 5.97 Å². The summed E-state index contributed by atoms with van der Waals surface area (Å²) in [7, 11) is 2.93. The normalized spacial score (nSPS) is 18.0. The van der Waals surface area contributed by atoms with Gasteiger partial charge in [0.2, 0.25) is 0 Å². The van der Waals surface area contributed by atoms with Crippen molar-refractivity contribution in [2.24, 2.45) is 0 Å². The van der Waals surface area contributed by atoms with Gasteiger partial charge in [0, 0.05) is 17.2 Å². The molecular weight excluding hydrogens is 263 g/mol. The van der Waals surface area contributed by atoms with E-state index in [2.05, 4.69) is 0 Å². The van der Waals surface area contributed by atoms with Gasteiger partial charge in [-0.1, -0.05) is 6.42 Å². The first kappa shape index (κ1) is 14.6. The van der Waals surface area contributed by atoms with Crippen molar-refractivity contribution in [3.63, 3.8) is 0 Å². The number of ether oxygens (including phenoxy) is 2. The van der Waals surface area contributed by atoms with Crippen LogP contribution in [0, 0.1) is 0 Å². The van der Waals surface area contributed by atoms with E-state index < -0.39 is 17.6 Å². The highest BCUT2D eigenvalue weighted by atomic mass is 19.1. The number of rotatable bonds is 5. The first-order valence-corrected chi connectivity index (χ1v) is 6.60. The van der Waals surface area contributed by atoms with Gasteiger partial charge in [0.1, 0.15) is 17.7 Å². The van der Waals surface area contributed by atoms with Gasteiger partial charge in [-0.3, -0.25) is 4.79 Å². The van der Waals surface area contributed by atoms with Crippen LogP contribution < -0.4 is 9.47 Å². The summed E-state index contributed by atoms with van der Waals surface area (Å²) in [6, 6.07) is 3.15. The molecule has 1 aliphatic rings. The summed E-state index contributed by atoms with van der Waals surface area (Å²) in [6.45, 7) is 1.41. The predicted octanol–water partition coefficient (Wildman–Crippen LogP) is 3.24. The summed E-state index contributed by atoms with van der Waals surface area (Å²) in [5, 5.41) is 9.53. The molecule has 1 fully saturated rings. The van der Waals surface area contributed by atoms with Gasteiger partial charge in [0.05, 0.1) is 19.6 Å². The van der Waals surface area contributed by atoms with E-state index in [-0.39, 0.29) is 0 Å². The number of carboxylic acid groups (broad SMARTS) is 1. The second-order valence-electron chi connectivity index (χ2n) is 5.15. The van der Waals surface area contributed by atoms with Crippen LogP contribution in [0.4, 0.5) is 4.39 Å². The fourth-order valence-electron chi connectivity index (χ4n) is 2.74. The van der Waals surface area contributed by atoms with Crippen LogP contribution in [0.25, 0.3) is 0 Å². The number of aliphatic carboxylic acids is 1. The SMILES string of the molecule is COc1cc(OC)c(C2(C(=O)O)CCC2)cc1C(C)F. The van der Waals surface area contributed by atoms with Gasteiger partial charge in [-0.05, 0) is 25.8 Å². The number of alkyl halides is 1. The molecule has 1 unspecified atom stereocenters. The van der Waals surface area contributed by atoms with Crippen molar-refractivity contribution in [1.29, 1.82) is 0 Å². The van der Waals surface area contributed by atoms with Gasteiger partial charge in [0.15, 0.2) is 0 Å². The molecule has 0 bridgehead atoms. The van der Waals surface area contributed by atoms with Crippen molar-refractivity contribution in [3.8, 4) is 11.5 Å². The van der Waals surface area contributed by atoms with E-state index in [1.165, 1.54) is 21.1 Å². The van der Waals surface area contributed by atoms with E-state index in [1.54, 1.807) is 12.1 Å². The molecular formula is C15H19FO4. The number of carboxylic acids is 1. The zero-order valence-corrected chi connectivity index (χ0v) is 11.9. The molecule has 2 rings (SSSR count). The Morgan fingerprint density at radius 2 is 1.90 bits per heavy atom. The molecule has 5 heteroatoms. The van der Waals surface area contributed by atoms with E-state index in [0.717, 1.165) is 6.42 Å². The summed E-state index contributed by atoms with van der Waals surface area (Å²) >= 11 is 0. The Hall–Kier alpha value is -1.78. The lowest BCUT2D eigenvalue weighted by Crippen LogP contribution is -2.42. The van der Waals surface area contributed by atoms with Gasteiger partial charge < -0.3 is 14.6 Å². The molecule has 1 atom stereocenters. The van der Waals surface area contributed by atoms with Crippen molar-refractivity contribution in [2.75, 3.05) is 14.2 Å². The van der Waals surface area contributed by atoms with Crippen molar-refractivity contribution < 1.29 is 23.8 Å². The van der Waals surface area contributed by atoms with Gasteiger partial charge in [-0.2, -0.15) is 0 Å². The van der Waals surface area contributed by atoms with E-state index in [0.29, 0.717) is 35.5 Å². The standard InChI is InChI=1S/C15H19FO4/c1-9(16)10-7-11(13(20-3)8-12(10)19-2)15(14(17)18)5-4-6-15/h7-9H,4-6H2,1-3H3,(H,17,18). The van der Waals surface area contributed by atoms with Gasteiger partial charge >= 0.3 is 5.97 Å². The zero-order chi connectivity index (χ0) is 14.9. The Morgan fingerprint density at radius 1 is 1.30 bits per heavy atom. The van der Waals surface area contributed by atoms with Crippen LogP contribution in [-0.2, 0) is 10.2 Å². The first-order valence-electron chi connectivity index (χ1n) is 6.60. The van der Waals surface area contributed by atoms with Crippen LogP contribution >= 0.6 is 0 Å². The summed E-state index contributed by atoms with van der Waals surface area (Å²) in [5.41, 5.74) is -0.0591. The molecule has 1 aromatic rings. The third kappa shape index (κ3) is 2.11. The molecule has 1 N–H and O–H groups in total. The van der Waals surface area contributed by atoms with Crippen LogP contribution in [0.2, 0.25) is 0 Å². The van der Waals surface area contributed by atoms with Gasteiger partial charge in [-0.15, -0.1) is 0 Å². The molecule has 110 valence electrons. The maximum Gasteiger partial charge on any atom is 0.314 e. The van der Waals surface area contributed by atoms with E-state index in [9.17, 15) is 14.3 Å². The number of methoxy groups -OCH3 is 2. The maximum atomic E-state index is 13.7. The highest BCUT2D eigenvalue weighted by Crippen LogP contribution is 2.49. The summed E-state index contributed by atoms with van der Waals surface area (Å²) in [4.78, 5) is 11.6. The van der Waals surface area contributed by atoms with Crippen LogP contribution in [0.1, 0.15) is 43.5 Å².